The van der Waals surface area contributed by atoms with Gasteiger partial charge in [0.2, 0.25) is 0 Å². The SMILES string of the molecule is C=C(/C(F)=C\C=C(/C)NC(=O)c1ncc(Cl)cc1F)[C@@]1(C)N=C(N)O[C@H](CF)[C@@H]1F. The van der Waals surface area contributed by atoms with Gasteiger partial charge in [0.05, 0.1) is 5.02 Å². The average molecular weight is 447 g/mol. The Balaban J connectivity index is 2.17. The number of amides is 1. The van der Waals surface area contributed by atoms with Crippen LogP contribution >= 0.6 is 11.6 Å². The van der Waals surface area contributed by atoms with Gasteiger partial charge in [-0.15, -0.1) is 0 Å². The maximum absolute atomic E-state index is 14.6. The van der Waals surface area contributed by atoms with Crippen LogP contribution in [0.3, 0.4) is 0 Å². The van der Waals surface area contributed by atoms with Gasteiger partial charge in [0.15, 0.2) is 23.8 Å². The molecule has 3 N–H and O–H groups in total. The second kappa shape index (κ2) is 9.29. The van der Waals surface area contributed by atoms with Gasteiger partial charge in [-0.2, -0.15) is 0 Å². The maximum atomic E-state index is 14.6. The van der Waals surface area contributed by atoms with E-state index in [1.54, 1.807) is 0 Å². The van der Waals surface area contributed by atoms with Gasteiger partial charge in [0.25, 0.3) is 11.9 Å². The standard InChI is InChI=1S/C19H19ClF4N4O2/c1-9(27-17(29)15-13(23)6-11(20)8-26-15)4-5-12(22)10(2)19(3)16(24)14(7-21)30-18(25)28-19/h4-6,8,14,16H,2,7H2,1,3H3,(H2,25,28)(H,27,29)/b9-4+,12-5+/t14-,16+,19-/m1/s1. The highest BCUT2D eigenvalue weighted by molar-refractivity contribution is 6.30. The van der Waals surface area contributed by atoms with Crippen LogP contribution in [0.4, 0.5) is 17.6 Å². The molecule has 1 aromatic rings. The number of aliphatic imine (C=N–C) groups is 1. The van der Waals surface area contributed by atoms with Crippen LogP contribution in [0.2, 0.25) is 5.02 Å². The van der Waals surface area contributed by atoms with E-state index in [1.807, 2.05) is 0 Å². The van der Waals surface area contributed by atoms with Crippen molar-refractivity contribution in [2.75, 3.05) is 6.67 Å². The summed E-state index contributed by atoms with van der Waals surface area (Å²) in [5.41, 5.74) is 2.77. The van der Waals surface area contributed by atoms with E-state index in [0.717, 1.165) is 24.4 Å². The highest BCUT2D eigenvalue weighted by Crippen LogP contribution is 2.37. The van der Waals surface area contributed by atoms with Crippen molar-refractivity contribution in [3.63, 3.8) is 0 Å². The van der Waals surface area contributed by atoms with E-state index in [9.17, 15) is 22.4 Å². The van der Waals surface area contributed by atoms with Crippen LogP contribution in [-0.2, 0) is 4.74 Å². The fourth-order valence-corrected chi connectivity index (χ4v) is 2.78. The van der Waals surface area contributed by atoms with Crippen molar-refractivity contribution in [3.05, 3.63) is 64.6 Å². The Morgan fingerprint density at radius 3 is 2.77 bits per heavy atom. The van der Waals surface area contributed by atoms with E-state index in [-0.39, 0.29) is 10.7 Å². The molecular weight excluding hydrogens is 428 g/mol. The quantitative estimate of drug-likeness (QED) is 0.515. The van der Waals surface area contributed by atoms with Crippen LogP contribution in [0.25, 0.3) is 0 Å². The van der Waals surface area contributed by atoms with Gasteiger partial charge < -0.3 is 15.8 Å². The maximum Gasteiger partial charge on any atom is 0.283 e. The molecule has 0 radical (unpaired) electrons. The zero-order valence-corrected chi connectivity index (χ0v) is 16.8. The lowest BCUT2D eigenvalue weighted by atomic mass is 9.84. The van der Waals surface area contributed by atoms with Crippen molar-refractivity contribution in [1.29, 1.82) is 0 Å². The first kappa shape index (κ1) is 23.4. The predicted molar refractivity (Wildman–Crippen MR) is 105 cm³/mol. The number of hydrogen-bond donors (Lipinski definition) is 2. The van der Waals surface area contributed by atoms with Crippen LogP contribution in [0.15, 0.2) is 53.1 Å². The molecule has 0 unspecified atom stereocenters. The number of pyridine rings is 1. The molecule has 0 bridgehead atoms. The number of aromatic nitrogens is 1. The van der Waals surface area contributed by atoms with Crippen molar-refractivity contribution >= 4 is 23.5 Å². The van der Waals surface area contributed by atoms with E-state index < -0.39 is 59.3 Å². The molecule has 2 rings (SSSR count). The lowest BCUT2D eigenvalue weighted by Crippen LogP contribution is -2.52. The molecular formula is C19H19ClF4N4O2. The van der Waals surface area contributed by atoms with Crippen LogP contribution in [0.1, 0.15) is 24.3 Å². The molecule has 30 heavy (non-hydrogen) atoms. The van der Waals surface area contributed by atoms with E-state index in [1.165, 1.54) is 13.8 Å². The number of hydrogen-bond acceptors (Lipinski definition) is 5. The average Bonchev–Trinajstić information content (AvgIpc) is 2.67. The summed E-state index contributed by atoms with van der Waals surface area (Å²) in [4.78, 5) is 19.4. The molecule has 0 saturated carbocycles. The fourth-order valence-electron chi connectivity index (χ4n) is 2.64. The Bertz CT molecular complexity index is 950. The van der Waals surface area contributed by atoms with Crippen LogP contribution in [0, 0.1) is 5.82 Å². The van der Waals surface area contributed by atoms with Gasteiger partial charge >= 0.3 is 0 Å². The van der Waals surface area contributed by atoms with Crippen molar-refractivity contribution < 1.29 is 27.1 Å². The van der Waals surface area contributed by atoms with E-state index in [4.69, 9.17) is 22.1 Å². The second-order valence-electron chi connectivity index (χ2n) is 6.59. The predicted octanol–water partition coefficient (Wildman–Crippen LogP) is 3.70. The first-order valence-electron chi connectivity index (χ1n) is 8.57. The Morgan fingerprint density at radius 1 is 1.50 bits per heavy atom. The van der Waals surface area contributed by atoms with E-state index in [2.05, 4.69) is 21.9 Å². The molecule has 162 valence electrons. The van der Waals surface area contributed by atoms with Crippen molar-refractivity contribution in [3.8, 4) is 0 Å². The lowest BCUT2D eigenvalue weighted by molar-refractivity contribution is 0.0176. The number of carbonyl (C=O) groups excluding carboxylic acids is 1. The van der Waals surface area contributed by atoms with Gasteiger partial charge in [0, 0.05) is 17.5 Å². The number of rotatable bonds is 6. The van der Waals surface area contributed by atoms with E-state index in [0.29, 0.717) is 0 Å². The first-order chi connectivity index (χ1) is 14.0. The van der Waals surface area contributed by atoms with Gasteiger partial charge in [-0.1, -0.05) is 18.2 Å². The van der Waals surface area contributed by atoms with Gasteiger partial charge in [0.1, 0.15) is 18.0 Å². The summed E-state index contributed by atoms with van der Waals surface area (Å²) >= 11 is 5.58. The number of alkyl halides is 2. The Morgan fingerprint density at radius 2 is 2.17 bits per heavy atom. The number of amidine groups is 1. The van der Waals surface area contributed by atoms with Crippen LogP contribution in [0.5, 0.6) is 0 Å². The molecule has 1 aliphatic heterocycles. The third kappa shape index (κ3) is 4.99. The summed E-state index contributed by atoms with van der Waals surface area (Å²) in [5, 5.41) is 2.34. The monoisotopic (exact) mass is 446 g/mol. The molecule has 0 fully saturated rings. The molecule has 11 heteroatoms. The van der Waals surface area contributed by atoms with Crippen molar-refractivity contribution in [1.82, 2.24) is 10.3 Å². The Kier molecular flexibility index (Phi) is 7.25. The minimum atomic E-state index is -2.04. The summed E-state index contributed by atoms with van der Waals surface area (Å²) in [6.45, 7) is 4.92. The van der Waals surface area contributed by atoms with E-state index >= 15 is 0 Å². The summed E-state index contributed by atoms with van der Waals surface area (Å²) in [6, 6.07) is 0.435. The van der Waals surface area contributed by atoms with Crippen molar-refractivity contribution in [2.24, 2.45) is 10.7 Å². The molecule has 2 heterocycles. The number of allylic oxidation sites excluding steroid dienone is 3. The molecule has 0 spiro atoms. The number of halogens is 5. The topological polar surface area (TPSA) is 89.6 Å². The largest absolute Gasteiger partial charge is 0.456 e. The number of carbonyl (C=O) groups is 1. The minimum absolute atomic E-state index is 0.0194. The zero-order valence-electron chi connectivity index (χ0n) is 16.1. The number of nitrogens with zero attached hydrogens (tertiary/aromatic N) is 2. The molecule has 1 aromatic heterocycles. The smallest absolute Gasteiger partial charge is 0.283 e. The minimum Gasteiger partial charge on any atom is -0.456 e. The number of nitrogens with one attached hydrogen (secondary N) is 1. The molecule has 1 amide bonds. The third-order valence-corrected chi connectivity index (χ3v) is 4.55. The van der Waals surface area contributed by atoms with Gasteiger partial charge in [-0.05, 0) is 32.1 Å². The summed E-state index contributed by atoms with van der Waals surface area (Å²) in [6.07, 6.45) is -0.448. The molecule has 0 saturated heterocycles. The molecule has 0 aromatic carbocycles. The molecule has 0 aliphatic carbocycles. The fraction of sp³-hybridized carbons (Fsp3) is 0.316. The molecule has 3 atom stereocenters. The third-order valence-electron chi connectivity index (χ3n) is 4.34. The molecule has 1 aliphatic rings. The Labute approximate surface area is 175 Å². The number of nitrogens with two attached hydrogens (primary N) is 1. The highest BCUT2D eigenvalue weighted by atomic mass is 35.5. The normalized spacial score (nSPS) is 24.7. The van der Waals surface area contributed by atoms with Crippen molar-refractivity contribution in [2.45, 2.75) is 31.7 Å². The zero-order chi connectivity index (χ0) is 22.6. The Hall–Kier alpha value is -2.88. The van der Waals surface area contributed by atoms with Crippen LogP contribution in [-0.4, -0.2) is 41.4 Å². The second-order valence-corrected chi connectivity index (χ2v) is 7.03. The summed E-state index contributed by atoms with van der Waals surface area (Å²) < 4.78 is 60.7. The molecule has 6 nitrogen and oxygen atoms in total. The number of ether oxygens (including phenoxy) is 1. The van der Waals surface area contributed by atoms with Gasteiger partial charge in [-0.25, -0.2) is 27.5 Å². The first-order valence-corrected chi connectivity index (χ1v) is 8.95. The highest BCUT2D eigenvalue weighted by Gasteiger charge is 2.48. The van der Waals surface area contributed by atoms with Gasteiger partial charge in [-0.3, -0.25) is 4.79 Å². The lowest BCUT2D eigenvalue weighted by Gasteiger charge is -2.37. The van der Waals surface area contributed by atoms with Crippen LogP contribution < -0.4 is 11.1 Å². The summed E-state index contributed by atoms with van der Waals surface area (Å²) in [5.74, 6) is -2.79. The summed E-state index contributed by atoms with van der Waals surface area (Å²) in [7, 11) is 0.